The first-order valence-electron chi connectivity index (χ1n) is 10.00. The number of nitrogens with zero attached hydrogens (tertiary/aromatic N) is 2. The van der Waals surface area contributed by atoms with Gasteiger partial charge >= 0.3 is 0 Å². The fraction of sp³-hybridized carbons (Fsp3) is 0.591. The third-order valence-electron chi connectivity index (χ3n) is 5.66. The van der Waals surface area contributed by atoms with Gasteiger partial charge in [-0.15, -0.1) is 0 Å². The van der Waals surface area contributed by atoms with Crippen molar-refractivity contribution in [2.45, 2.75) is 52.1 Å². The predicted molar refractivity (Wildman–Crippen MR) is 109 cm³/mol. The van der Waals surface area contributed by atoms with Crippen LogP contribution in [0, 0.1) is 13.8 Å². The number of methoxy groups -OCH3 is 3. The van der Waals surface area contributed by atoms with Crippen LogP contribution in [0.3, 0.4) is 0 Å². The summed E-state index contributed by atoms with van der Waals surface area (Å²) in [6.07, 6.45) is 4.80. The second kappa shape index (κ2) is 9.43. The first kappa shape index (κ1) is 20.7. The first-order valence-corrected chi connectivity index (χ1v) is 10.00. The van der Waals surface area contributed by atoms with Crippen molar-refractivity contribution in [3.8, 4) is 23.0 Å². The zero-order valence-corrected chi connectivity index (χ0v) is 17.7. The average molecular weight is 389 g/mol. The summed E-state index contributed by atoms with van der Waals surface area (Å²) in [5.74, 6) is 2.99. The zero-order valence-electron chi connectivity index (χ0n) is 17.7. The van der Waals surface area contributed by atoms with Crippen LogP contribution in [0.15, 0.2) is 16.5 Å². The summed E-state index contributed by atoms with van der Waals surface area (Å²) in [5, 5.41) is 0. The zero-order chi connectivity index (χ0) is 20.1. The maximum absolute atomic E-state index is 6.05. The van der Waals surface area contributed by atoms with E-state index in [0.29, 0.717) is 11.9 Å². The van der Waals surface area contributed by atoms with Crippen LogP contribution in [0.4, 0.5) is 0 Å². The number of rotatable bonds is 8. The molecule has 0 N–H and O–H groups in total. The molecule has 28 heavy (non-hydrogen) atoms. The Bertz CT molecular complexity index is 787. The number of aryl methyl sites for hydroxylation is 1. The summed E-state index contributed by atoms with van der Waals surface area (Å²) >= 11 is 0. The Morgan fingerprint density at radius 1 is 1.14 bits per heavy atom. The normalized spacial score (nSPS) is 17.7. The molecule has 1 fully saturated rings. The number of oxazole rings is 1. The second-order valence-electron chi connectivity index (χ2n) is 7.40. The highest BCUT2D eigenvalue weighted by Crippen LogP contribution is 2.38. The van der Waals surface area contributed by atoms with E-state index in [9.17, 15) is 0 Å². The van der Waals surface area contributed by atoms with Crippen LogP contribution in [-0.2, 0) is 11.3 Å². The van der Waals surface area contributed by atoms with Gasteiger partial charge in [0, 0.05) is 31.9 Å². The smallest absolute Gasteiger partial charge is 0.230 e. The number of likely N-dealkylation sites (tertiary alicyclic amines) is 1. The van der Waals surface area contributed by atoms with E-state index in [2.05, 4.69) is 4.90 Å². The molecule has 0 unspecified atom stereocenters. The van der Waals surface area contributed by atoms with E-state index < -0.39 is 0 Å². The summed E-state index contributed by atoms with van der Waals surface area (Å²) in [4.78, 5) is 7.36. The van der Waals surface area contributed by atoms with Crippen LogP contribution in [0.2, 0.25) is 0 Å². The molecule has 0 spiro atoms. The number of hydrogen-bond acceptors (Lipinski definition) is 6. The lowest BCUT2D eigenvalue weighted by atomic mass is 9.99. The minimum atomic E-state index is 0.547. The minimum Gasteiger partial charge on any atom is -0.496 e. The van der Waals surface area contributed by atoms with Gasteiger partial charge in [-0.25, -0.2) is 4.98 Å². The maximum Gasteiger partial charge on any atom is 0.230 e. The lowest BCUT2D eigenvalue weighted by Gasteiger charge is -2.35. The SMILES string of the molecule is COCC[C@H]1CCCCN1Cc1nc(-c2ccc(OC)c(C)c2OC)oc1C. The van der Waals surface area contributed by atoms with Crippen molar-refractivity contribution in [2.24, 2.45) is 0 Å². The van der Waals surface area contributed by atoms with E-state index in [1.54, 1.807) is 21.3 Å². The molecule has 6 heteroatoms. The largest absolute Gasteiger partial charge is 0.496 e. The van der Waals surface area contributed by atoms with E-state index in [1.165, 1.54) is 19.3 Å². The number of aromatic nitrogens is 1. The van der Waals surface area contributed by atoms with Crippen molar-refractivity contribution in [3.63, 3.8) is 0 Å². The third kappa shape index (κ3) is 4.33. The number of ether oxygens (including phenoxy) is 3. The molecule has 1 saturated heterocycles. The van der Waals surface area contributed by atoms with E-state index >= 15 is 0 Å². The van der Waals surface area contributed by atoms with Gasteiger partial charge in [0.25, 0.3) is 0 Å². The van der Waals surface area contributed by atoms with Crippen LogP contribution in [0.5, 0.6) is 11.5 Å². The fourth-order valence-corrected chi connectivity index (χ4v) is 4.06. The maximum atomic E-state index is 6.05. The standard InChI is InChI=1S/C22H32N2O4/c1-15-20(26-4)10-9-18(21(15)27-5)22-23-19(16(2)28-22)14-24-12-7-6-8-17(24)11-13-25-3/h9-10,17H,6-8,11-14H2,1-5H3/t17-/m1/s1. The molecule has 154 valence electrons. The molecule has 1 aromatic heterocycles. The predicted octanol–water partition coefficient (Wildman–Crippen LogP) is 4.37. The van der Waals surface area contributed by atoms with E-state index in [4.69, 9.17) is 23.6 Å². The Morgan fingerprint density at radius 3 is 2.68 bits per heavy atom. The van der Waals surface area contributed by atoms with Crippen molar-refractivity contribution < 1.29 is 18.6 Å². The van der Waals surface area contributed by atoms with E-state index in [1.807, 2.05) is 26.0 Å². The Balaban J connectivity index is 1.84. The summed E-state index contributed by atoms with van der Waals surface area (Å²) < 4.78 is 22.4. The molecule has 0 radical (unpaired) electrons. The van der Waals surface area contributed by atoms with Gasteiger partial charge in [0.1, 0.15) is 17.3 Å². The topological polar surface area (TPSA) is 57.0 Å². The molecule has 3 rings (SSSR count). The molecular weight excluding hydrogens is 356 g/mol. The lowest BCUT2D eigenvalue weighted by Crippen LogP contribution is -2.39. The van der Waals surface area contributed by atoms with E-state index in [-0.39, 0.29) is 0 Å². The van der Waals surface area contributed by atoms with E-state index in [0.717, 1.165) is 60.2 Å². The van der Waals surface area contributed by atoms with Crippen LogP contribution < -0.4 is 9.47 Å². The van der Waals surface area contributed by atoms with Crippen LogP contribution in [-0.4, -0.2) is 50.4 Å². The number of piperidine rings is 1. The van der Waals surface area contributed by atoms with Gasteiger partial charge in [0.05, 0.1) is 25.5 Å². The molecule has 0 saturated carbocycles. The van der Waals surface area contributed by atoms with Gasteiger partial charge in [-0.2, -0.15) is 0 Å². The molecule has 1 aromatic carbocycles. The van der Waals surface area contributed by atoms with Crippen molar-refractivity contribution in [3.05, 3.63) is 29.2 Å². The summed E-state index contributed by atoms with van der Waals surface area (Å²) in [6, 6.07) is 4.42. The molecule has 2 heterocycles. The quantitative estimate of drug-likeness (QED) is 0.669. The molecule has 0 aliphatic carbocycles. The highest BCUT2D eigenvalue weighted by molar-refractivity contribution is 5.68. The van der Waals surface area contributed by atoms with Gasteiger partial charge in [0.15, 0.2) is 0 Å². The second-order valence-corrected chi connectivity index (χ2v) is 7.40. The Morgan fingerprint density at radius 2 is 1.96 bits per heavy atom. The van der Waals surface area contributed by atoms with Crippen molar-refractivity contribution in [2.75, 3.05) is 34.5 Å². The van der Waals surface area contributed by atoms with Gasteiger partial charge in [-0.3, -0.25) is 4.90 Å². The molecular formula is C22H32N2O4. The summed E-state index contributed by atoms with van der Waals surface area (Å²) in [5.41, 5.74) is 2.79. The third-order valence-corrected chi connectivity index (χ3v) is 5.66. The highest BCUT2D eigenvalue weighted by atomic mass is 16.5. The van der Waals surface area contributed by atoms with Gasteiger partial charge in [-0.1, -0.05) is 6.42 Å². The van der Waals surface area contributed by atoms with Crippen molar-refractivity contribution in [1.82, 2.24) is 9.88 Å². The molecule has 6 nitrogen and oxygen atoms in total. The number of benzene rings is 1. The van der Waals surface area contributed by atoms with Gasteiger partial charge in [0.2, 0.25) is 5.89 Å². The van der Waals surface area contributed by atoms with Crippen LogP contribution >= 0.6 is 0 Å². The Hall–Kier alpha value is -2.05. The lowest BCUT2D eigenvalue weighted by molar-refractivity contribution is 0.0961. The monoisotopic (exact) mass is 388 g/mol. The van der Waals surface area contributed by atoms with Crippen LogP contribution in [0.25, 0.3) is 11.5 Å². The highest BCUT2D eigenvalue weighted by Gasteiger charge is 2.25. The first-order chi connectivity index (χ1) is 13.6. The Kier molecular flexibility index (Phi) is 6.97. The molecule has 0 bridgehead atoms. The molecule has 1 aliphatic rings. The van der Waals surface area contributed by atoms with Crippen LogP contribution in [0.1, 0.15) is 42.7 Å². The number of hydrogen-bond donors (Lipinski definition) is 0. The summed E-state index contributed by atoms with van der Waals surface area (Å²) in [6.45, 7) is 6.67. The average Bonchev–Trinajstić information content (AvgIpc) is 3.07. The minimum absolute atomic E-state index is 0.547. The molecule has 1 aliphatic heterocycles. The molecule has 2 aromatic rings. The Labute approximate surface area is 167 Å². The fourth-order valence-electron chi connectivity index (χ4n) is 4.06. The molecule has 0 amide bonds. The van der Waals surface area contributed by atoms with Gasteiger partial charge in [-0.05, 0) is 51.8 Å². The van der Waals surface area contributed by atoms with Crippen molar-refractivity contribution in [1.29, 1.82) is 0 Å². The van der Waals surface area contributed by atoms with Gasteiger partial charge < -0.3 is 18.6 Å². The summed E-state index contributed by atoms with van der Waals surface area (Å²) in [7, 11) is 5.09. The van der Waals surface area contributed by atoms with Crippen molar-refractivity contribution >= 4 is 0 Å². The molecule has 1 atom stereocenters.